The van der Waals surface area contributed by atoms with Crippen LogP contribution in [-0.2, 0) is 26.3 Å². The number of amides is 1. The Hall–Kier alpha value is -2.89. The fourth-order valence-corrected chi connectivity index (χ4v) is 3.78. The second-order valence-corrected chi connectivity index (χ2v) is 7.41. The second kappa shape index (κ2) is 9.07. The van der Waals surface area contributed by atoms with E-state index in [0.29, 0.717) is 24.9 Å². The van der Waals surface area contributed by atoms with Gasteiger partial charge in [-0.25, -0.2) is 4.39 Å². The number of methoxy groups -OCH3 is 1. The molecule has 1 aliphatic carbocycles. The summed E-state index contributed by atoms with van der Waals surface area (Å²) in [6.45, 7) is 1.87. The summed E-state index contributed by atoms with van der Waals surface area (Å²) in [5.74, 6) is -0.484. The number of esters is 1. The van der Waals surface area contributed by atoms with Gasteiger partial charge in [-0.05, 0) is 55.2 Å². The van der Waals surface area contributed by atoms with Crippen molar-refractivity contribution in [3.05, 3.63) is 65.5 Å². The number of nitrogens with one attached hydrogen (secondary N) is 1. The summed E-state index contributed by atoms with van der Waals surface area (Å²) in [5, 5.41) is 2.78. The molecule has 1 atom stereocenters. The van der Waals surface area contributed by atoms with Crippen LogP contribution in [0.15, 0.2) is 48.5 Å². The Morgan fingerprint density at radius 2 is 1.83 bits per heavy atom. The van der Waals surface area contributed by atoms with Gasteiger partial charge in [-0.2, -0.15) is 0 Å². The molecule has 0 bridgehead atoms. The van der Waals surface area contributed by atoms with Gasteiger partial charge in [0.15, 0.2) is 6.10 Å². The van der Waals surface area contributed by atoms with Crippen LogP contribution in [0.2, 0.25) is 0 Å². The summed E-state index contributed by atoms with van der Waals surface area (Å²) in [5.41, 5.74) is 0.641. The Bertz CT molecular complexity index is 859. The topological polar surface area (TPSA) is 64.6 Å². The SMILES string of the molecule is COc1ccc(CNC(=O)[C@@H](C)OC(=O)C2(c3cccc(F)c3)CCCC2)cc1. The fraction of sp³-hybridized carbons (Fsp3) is 0.391. The van der Waals surface area contributed by atoms with E-state index in [9.17, 15) is 14.0 Å². The van der Waals surface area contributed by atoms with Crippen molar-refractivity contribution in [1.82, 2.24) is 5.32 Å². The van der Waals surface area contributed by atoms with Gasteiger partial charge in [0, 0.05) is 6.54 Å². The van der Waals surface area contributed by atoms with Gasteiger partial charge in [-0.15, -0.1) is 0 Å². The summed E-state index contributed by atoms with van der Waals surface area (Å²) in [6, 6.07) is 13.4. The van der Waals surface area contributed by atoms with Crippen LogP contribution >= 0.6 is 0 Å². The fourth-order valence-electron chi connectivity index (χ4n) is 3.78. The van der Waals surface area contributed by atoms with Crippen molar-refractivity contribution >= 4 is 11.9 Å². The van der Waals surface area contributed by atoms with Crippen LogP contribution in [0.25, 0.3) is 0 Å². The molecule has 0 unspecified atom stereocenters. The lowest BCUT2D eigenvalue weighted by molar-refractivity contribution is -0.160. The van der Waals surface area contributed by atoms with Crippen molar-refractivity contribution in [2.45, 2.75) is 50.7 Å². The van der Waals surface area contributed by atoms with Gasteiger partial charge in [-0.1, -0.05) is 37.1 Å². The molecular formula is C23H26FNO4. The lowest BCUT2D eigenvalue weighted by Crippen LogP contribution is -2.41. The molecule has 154 valence electrons. The standard InChI is InChI=1S/C23H26FNO4/c1-16(21(26)25-15-17-8-10-20(28-2)11-9-17)29-22(27)23(12-3-4-13-23)18-6-5-7-19(24)14-18/h5-11,14,16H,3-4,12-13,15H2,1-2H3,(H,25,26)/t16-/m1/s1. The molecule has 0 heterocycles. The molecular weight excluding hydrogens is 373 g/mol. The maximum atomic E-state index is 13.7. The van der Waals surface area contributed by atoms with Crippen LogP contribution in [0.4, 0.5) is 4.39 Å². The Morgan fingerprint density at radius 3 is 2.45 bits per heavy atom. The minimum Gasteiger partial charge on any atom is -0.497 e. The van der Waals surface area contributed by atoms with Gasteiger partial charge in [0.2, 0.25) is 0 Å². The first-order chi connectivity index (χ1) is 13.9. The molecule has 6 heteroatoms. The number of carbonyl (C=O) groups excluding carboxylic acids is 2. The first kappa shape index (κ1) is 20.8. The predicted octanol–water partition coefficient (Wildman–Crippen LogP) is 3.89. The molecule has 5 nitrogen and oxygen atoms in total. The number of ether oxygens (including phenoxy) is 2. The molecule has 0 aliphatic heterocycles. The third-order valence-corrected chi connectivity index (χ3v) is 5.50. The van der Waals surface area contributed by atoms with Crippen molar-refractivity contribution < 1.29 is 23.5 Å². The monoisotopic (exact) mass is 399 g/mol. The molecule has 29 heavy (non-hydrogen) atoms. The van der Waals surface area contributed by atoms with Crippen molar-refractivity contribution in [2.24, 2.45) is 0 Å². The quantitative estimate of drug-likeness (QED) is 0.718. The minimum atomic E-state index is -0.938. The lowest BCUT2D eigenvalue weighted by atomic mass is 9.79. The largest absolute Gasteiger partial charge is 0.497 e. The molecule has 1 saturated carbocycles. The highest BCUT2D eigenvalue weighted by Gasteiger charge is 2.45. The van der Waals surface area contributed by atoms with Gasteiger partial charge < -0.3 is 14.8 Å². The number of rotatable bonds is 7. The Morgan fingerprint density at radius 1 is 1.14 bits per heavy atom. The van der Waals surface area contributed by atoms with Crippen LogP contribution in [0, 0.1) is 5.82 Å². The molecule has 1 N–H and O–H groups in total. The van der Waals surface area contributed by atoms with E-state index in [2.05, 4.69) is 5.32 Å². The first-order valence-electron chi connectivity index (χ1n) is 9.82. The van der Waals surface area contributed by atoms with Gasteiger partial charge in [0.1, 0.15) is 11.6 Å². The highest BCUT2D eigenvalue weighted by Crippen LogP contribution is 2.42. The van der Waals surface area contributed by atoms with E-state index in [1.165, 1.54) is 12.1 Å². The van der Waals surface area contributed by atoms with Crippen molar-refractivity contribution in [3.63, 3.8) is 0 Å². The van der Waals surface area contributed by atoms with Crippen LogP contribution < -0.4 is 10.1 Å². The van der Waals surface area contributed by atoms with E-state index < -0.39 is 17.5 Å². The third kappa shape index (κ3) is 4.75. The van der Waals surface area contributed by atoms with Crippen LogP contribution in [0.3, 0.4) is 0 Å². The van der Waals surface area contributed by atoms with Gasteiger partial charge >= 0.3 is 5.97 Å². The number of halogens is 1. The molecule has 3 rings (SSSR count). The minimum absolute atomic E-state index is 0.319. The van der Waals surface area contributed by atoms with E-state index >= 15 is 0 Å². The number of carbonyl (C=O) groups is 2. The number of benzene rings is 2. The van der Waals surface area contributed by atoms with E-state index in [4.69, 9.17) is 9.47 Å². The Kier molecular flexibility index (Phi) is 6.52. The molecule has 0 radical (unpaired) electrons. The van der Waals surface area contributed by atoms with E-state index in [1.807, 2.05) is 24.3 Å². The summed E-state index contributed by atoms with van der Waals surface area (Å²) < 4.78 is 24.4. The van der Waals surface area contributed by atoms with Gasteiger partial charge in [0.05, 0.1) is 12.5 Å². The zero-order valence-electron chi connectivity index (χ0n) is 16.7. The highest BCUT2D eigenvalue weighted by atomic mass is 19.1. The molecule has 0 saturated heterocycles. The normalized spacial score (nSPS) is 16.1. The van der Waals surface area contributed by atoms with Crippen molar-refractivity contribution in [3.8, 4) is 5.75 Å². The molecule has 1 amide bonds. The maximum absolute atomic E-state index is 13.7. The molecule has 0 spiro atoms. The zero-order chi connectivity index (χ0) is 20.9. The van der Waals surface area contributed by atoms with Gasteiger partial charge in [-0.3, -0.25) is 9.59 Å². The number of hydrogen-bond acceptors (Lipinski definition) is 4. The van der Waals surface area contributed by atoms with Crippen LogP contribution in [0.1, 0.15) is 43.7 Å². The smallest absolute Gasteiger partial charge is 0.317 e. The van der Waals surface area contributed by atoms with Crippen LogP contribution in [-0.4, -0.2) is 25.1 Å². The zero-order valence-corrected chi connectivity index (χ0v) is 16.7. The molecule has 1 fully saturated rings. The average Bonchev–Trinajstić information content (AvgIpc) is 3.23. The maximum Gasteiger partial charge on any atom is 0.317 e. The van der Waals surface area contributed by atoms with E-state index in [1.54, 1.807) is 26.2 Å². The molecule has 0 aromatic heterocycles. The Labute approximate surface area is 170 Å². The van der Waals surface area contributed by atoms with Gasteiger partial charge in [0.25, 0.3) is 5.91 Å². The van der Waals surface area contributed by atoms with E-state index in [-0.39, 0.29) is 11.7 Å². The lowest BCUT2D eigenvalue weighted by Gasteiger charge is -2.28. The third-order valence-electron chi connectivity index (χ3n) is 5.50. The van der Waals surface area contributed by atoms with E-state index in [0.717, 1.165) is 24.2 Å². The first-order valence-corrected chi connectivity index (χ1v) is 9.82. The molecule has 2 aromatic rings. The van der Waals surface area contributed by atoms with Crippen molar-refractivity contribution in [1.29, 1.82) is 0 Å². The summed E-state index contributed by atoms with van der Waals surface area (Å²) >= 11 is 0. The van der Waals surface area contributed by atoms with Crippen LogP contribution in [0.5, 0.6) is 5.75 Å². The number of hydrogen-bond donors (Lipinski definition) is 1. The molecule has 2 aromatic carbocycles. The summed E-state index contributed by atoms with van der Waals surface area (Å²) in [4.78, 5) is 25.4. The second-order valence-electron chi connectivity index (χ2n) is 7.41. The summed E-state index contributed by atoms with van der Waals surface area (Å²) in [7, 11) is 1.59. The average molecular weight is 399 g/mol. The van der Waals surface area contributed by atoms with Crippen molar-refractivity contribution in [2.75, 3.05) is 7.11 Å². The predicted molar refractivity (Wildman–Crippen MR) is 107 cm³/mol. The molecule has 1 aliphatic rings. The summed E-state index contributed by atoms with van der Waals surface area (Å²) in [6.07, 6.45) is 1.98. The Balaban J connectivity index is 1.62. The highest BCUT2D eigenvalue weighted by molar-refractivity contribution is 5.88.